The minimum Gasteiger partial charge on any atom is -0.380 e. The van der Waals surface area contributed by atoms with Gasteiger partial charge in [-0.3, -0.25) is 24.0 Å². The lowest BCUT2D eigenvalue weighted by Crippen LogP contribution is -2.62. The molecule has 42 heavy (non-hydrogen) atoms. The first kappa shape index (κ1) is 33.3. The van der Waals surface area contributed by atoms with Crippen molar-refractivity contribution >= 4 is 35.4 Å². The van der Waals surface area contributed by atoms with Crippen LogP contribution in [0.5, 0.6) is 0 Å². The topological polar surface area (TPSA) is 186 Å². The second-order valence-electron chi connectivity index (χ2n) is 14.6. The Morgan fingerprint density at radius 3 is 2.19 bits per heavy atom. The van der Waals surface area contributed by atoms with Gasteiger partial charge in [0.25, 0.3) is 11.8 Å². The fraction of sp³-hybridized carbons (Fsp3) is 0.793. The van der Waals surface area contributed by atoms with Gasteiger partial charge in [-0.05, 0) is 50.4 Å². The summed E-state index contributed by atoms with van der Waals surface area (Å²) in [6.07, 6.45) is -0.472. The lowest BCUT2D eigenvalue weighted by atomic mass is 9.85. The van der Waals surface area contributed by atoms with Gasteiger partial charge in [0.1, 0.15) is 23.7 Å². The number of ketones is 1. The van der Waals surface area contributed by atoms with Gasteiger partial charge < -0.3 is 36.6 Å². The number of aliphatic hydroxyl groups is 1. The van der Waals surface area contributed by atoms with Crippen LogP contribution in [0.2, 0.25) is 0 Å². The van der Waals surface area contributed by atoms with Crippen molar-refractivity contribution in [3.8, 4) is 0 Å². The number of rotatable bonds is 9. The third-order valence-corrected chi connectivity index (χ3v) is 8.62. The van der Waals surface area contributed by atoms with Gasteiger partial charge in [-0.2, -0.15) is 0 Å². The first-order chi connectivity index (χ1) is 19.1. The first-order valence-corrected chi connectivity index (χ1v) is 14.7. The Morgan fingerprint density at radius 2 is 1.69 bits per heavy atom. The van der Waals surface area contributed by atoms with E-state index < -0.39 is 76.5 Å². The Kier molecular flexibility index (Phi) is 9.08. The molecule has 13 nitrogen and oxygen atoms in total. The van der Waals surface area contributed by atoms with Crippen LogP contribution in [0.15, 0.2) is 0 Å². The van der Waals surface area contributed by atoms with Crippen LogP contribution in [-0.4, -0.2) is 94.3 Å². The van der Waals surface area contributed by atoms with E-state index in [1.54, 1.807) is 6.92 Å². The van der Waals surface area contributed by atoms with Crippen LogP contribution in [0.4, 0.5) is 4.79 Å². The molecule has 3 rings (SSSR count). The Morgan fingerprint density at radius 1 is 1.07 bits per heavy atom. The monoisotopic (exact) mass is 592 g/mol. The van der Waals surface area contributed by atoms with Gasteiger partial charge in [0.2, 0.25) is 17.6 Å². The summed E-state index contributed by atoms with van der Waals surface area (Å²) in [5.41, 5.74) is -3.43. The van der Waals surface area contributed by atoms with Crippen molar-refractivity contribution in [3.05, 3.63) is 0 Å². The number of amides is 6. The summed E-state index contributed by atoms with van der Waals surface area (Å²) in [7, 11) is 0. The largest absolute Gasteiger partial charge is 0.380 e. The first-order valence-electron chi connectivity index (χ1n) is 14.7. The van der Waals surface area contributed by atoms with Gasteiger partial charge >= 0.3 is 6.03 Å². The number of hydrogen-bond acceptors (Lipinski definition) is 7. The SMILES string of the molecule is CCNC(=O)C(=O)[C@H](CC1(O)CCNC1=O)NC(=O)[C@@H]1C2[C@H](CN1C(=O)[C@@H](NC(=O)NC(C)(C)C)C(C)(C)C)C2(C)C. The van der Waals surface area contributed by atoms with Crippen LogP contribution >= 0.6 is 0 Å². The number of piperidine rings is 1. The van der Waals surface area contributed by atoms with Crippen LogP contribution in [0, 0.1) is 22.7 Å². The van der Waals surface area contributed by atoms with Gasteiger partial charge in [-0.1, -0.05) is 34.6 Å². The maximum absolute atomic E-state index is 14.1. The molecule has 1 aliphatic carbocycles. The van der Waals surface area contributed by atoms with Gasteiger partial charge in [-0.15, -0.1) is 0 Å². The molecule has 236 valence electrons. The summed E-state index contributed by atoms with van der Waals surface area (Å²) >= 11 is 0. The molecule has 13 heteroatoms. The highest BCUT2D eigenvalue weighted by molar-refractivity contribution is 6.38. The van der Waals surface area contributed by atoms with Crippen molar-refractivity contribution in [2.45, 2.75) is 104 Å². The van der Waals surface area contributed by atoms with Crippen LogP contribution in [-0.2, 0) is 24.0 Å². The molecule has 0 bridgehead atoms. The van der Waals surface area contributed by atoms with Gasteiger partial charge in [0.05, 0.1) is 0 Å². The lowest BCUT2D eigenvalue weighted by molar-refractivity contribution is -0.147. The highest BCUT2D eigenvalue weighted by atomic mass is 16.3. The summed E-state index contributed by atoms with van der Waals surface area (Å²) in [4.78, 5) is 80.2. The highest BCUT2D eigenvalue weighted by Crippen LogP contribution is 2.65. The Labute approximate surface area is 247 Å². The van der Waals surface area contributed by atoms with Gasteiger partial charge in [0.15, 0.2) is 0 Å². The van der Waals surface area contributed by atoms with Crippen molar-refractivity contribution < 1.29 is 33.9 Å². The molecule has 2 aliphatic heterocycles. The molecule has 0 spiro atoms. The summed E-state index contributed by atoms with van der Waals surface area (Å²) in [5, 5.41) is 24.0. The normalized spacial score (nSPS) is 27.7. The average Bonchev–Trinajstić information content (AvgIpc) is 3.15. The fourth-order valence-corrected chi connectivity index (χ4v) is 6.20. The third-order valence-electron chi connectivity index (χ3n) is 8.62. The Hall–Kier alpha value is -3.22. The average molecular weight is 593 g/mol. The minimum absolute atomic E-state index is 0.0161. The number of hydrogen-bond donors (Lipinski definition) is 6. The van der Waals surface area contributed by atoms with E-state index in [0.29, 0.717) is 0 Å². The van der Waals surface area contributed by atoms with Crippen LogP contribution < -0.4 is 26.6 Å². The quantitative estimate of drug-likeness (QED) is 0.200. The number of likely N-dealkylation sites (tertiary alicyclic amines) is 1. The molecular weight excluding hydrogens is 544 g/mol. The second-order valence-corrected chi connectivity index (χ2v) is 14.6. The van der Waals surface area contributed by atoms with Gasteiger partial charge in [0, 0.05) is 38.0 Å². The molecule has 0 aromatic heterocycles. The number of carbonyl (C=O) groups excluding carboxylic acids is 6. The molecule has 1 saturated carbocycles. The molecule has 0 radical (unpaired) electrons. The highest BCUT2D eigenvalue weighted by Gasteiger charge is 2.70. The van der Waals surface area contributed by atoms with E-state index in [4.69, 9.17) is 0 Å². The number of nitrogens with one attached hydrogen (secondary N) is 5. The van der Waals surface area contributed by atoms with Crippen molar-refractivity contribution in [1.82, 2.24) is 31.5 Å². The van der Waals surface area contributed by atoms with Crippen molar-refractivity contribution in [1.29, 1.82) is 0 Å². The van der Waals surface area contributed by atoms with Crippen molar-refractivity contribution in [2.24, 2.45) is 22.7 Å². The predicted molar refractivity (Wildman–Crippen MR) is 154 cm³/mol. The van der Waals surface area contributed by atoms with Crippen molar-refractivity contribution in [2.75, 3.05) is 19.6 Å². The number of Topliss-reactive ketones (excluding diaryl/α,β-unsaturated/α-hetero) is 1. The molecule has 2 heterocycles. The molecule has 6 atom stereocenters. The van der Waals surface area contributed by atoms with Crippen LogP contribution in [0.3, 0.4) is 0 Å². The zero-order valence-corrected chi connectivity index (χ0v) is 26.3. The fourth-order valence-electron chi connectivity index (χ4n) is 6.20. The molecule has 0 aromatic rings. The standard InChI is InChI=1S/C29H48N6O7/c1-10-30-22(38)19(36)16(13-29(42)11-12-31-24(29)40)32-21(37)18-17-15(28(17,8)9)14-35(18)23(39)20(26(2,3)4)33-25(41)34-27(5,6)7/h15-18,20,42H,10-14H2,1-9H3,(H,30,38)(H,31,40)(H,32,37)(H2,33,34,41)/t15-,16-,17?,18-,20+,29?/m0/s1. The zero-order chi connectivity index (χ0) is 32.0. The molecule has 6 N–H and O–H groups in total. The zero-order valence-electron chi connectivity index (χ0n) is 26.3. The maximum atomic E-state index is 14.1. The van der Waals surface area contributed by atoms with Crippen LogP contribution in [0.25, 0.3) is 0 Å². The lowest BCUT2D eigenvalue weighted by Gasteiger charge is -2.38. The van der Waals surface area contributed by atoms with Gasteiger partial charge in [-0.25, -0.2) is 4.79 Å². The maximum Gasteiger partial charge on any atom is 0.315 e. The number of fused-ring (bicyclic) bond motifs is 1. The molecule has 0 aromatic carbocycles. The summed E-state index contributed by atoms with van der Waals surface area (Å²) < 4.78 is 0. The van der Waals surface area contributed by atoms with E-state index in [-0.39, 0.29) is 43.3 Å². The number of urea groups is 1. The van der Waals surface area contributed by atoms with Crippen LogP contribution in [0.1, 0.15) is 75.2 Å². The molecule has 3 fully saturated rings. The van der Waals surface area contributed by atoms with E-state index in [2.05, 4.69) is 26.6 Å². The molecular formula is C29H48N6O7. The Bertz CT molecular complexity index is 1140. The minimum atomic E-state index is -1.94. The number of carbonyl (C=O) groups is 6. The van der Waals surface area contributed by atoms with Crippen molar-refractivity contribution in [3.63, 3.8) is 0 Å². The Balaban J connectivity index is 1.90. The summed E-state index contributed by atoms with van der Waals surface area (Å²) in [6.45, 7) is 17.2. The van der Waals surface area contributed by atoms with E-state index in [9.17, 15) is 33.9 Å². The smallest absolute Gasteiger partial charge is 0.315 e. The molecule has 6 amide bonds. The van der Waals surface area contributed by atoms with E-state index >= 15 is 0 Å². The van der Waals surface area contributed by atoms with E-state index in [1.807, 2.05) is 55.4 Å². The molecule has 3 aliphatic rings. The summed E-state index contributed by atoms with van der Waals surface area (Å²) in [6, 6.07) is -3.96. The number of nitrogens with zero attached hydrogens (tertiary/aromatic N) is 1. The van der Waals surface area contributed by atoms with E-state index in [0.717, 1.165) is 0 Å². The van der Waals surface area contributed by atoms with E-state index in [1.165, 1.54) is 4.90 Å². The molecule has 2 unspecified atom stereocenters. The molecule has 2 saturated heterocycles. The number of likely N-dealkylation sites (N-methyl/N-ethyl adjacent to an activating group) is 1. The summed E-state index contributed by atoms with van der Waals surface area (Å²) in [5.74, 6) is -3.91. The third kappa shape index (κ3) is 6.87. The second kappa shape index (κ2) is 11.5. The predicted octanol–water partition coefficient (Wildman–Crippen LogP) is -0.187.